The molecule has 0 amide bonds. The number of phenolic OH excluding ortho intramolecular Hbond substituents is 1. The molecule has 8 heteroatoms. The molecule has 4 N–H and O–H groups in total. The predicted octanol–water partition coefficient (Wildman–Crippen LogP) is 1.55. The van der Waals surface area contributed by atoms with E-state index in [1.807, 2.05) is 24.3 Å². The van der Waals surface area contributed by atoms with Gasteiger partial charge in [0.1, 0.15) is 11.0 Å². The number of nitrogens with zero attached hydrogens (tertiary/aromatic N) is 1. The fourth-order valence-electron chi connectivity index (χ4n) is 3.74. The number of aromatic nitrogens is 1. The van der Waals surface area contributed by atoms with E-state index < -0.39 is 34.4 Å². The lowest BCUT2D eigenvalue weighted by Crippen LogP contribution is -2.29. The van der Waals surface area contributed by atoms with E-state index in [1.165, 1.54) is 0 Å². The minimum absolute atomic E-state index is 0.129. The number of sulfone groups is 1. The Kier molecular flexibility index (Phi) is 7.04. The first-order valence-electron chi connectivity index (χ1n) is 9.60. The molecule has 0 saturated carbocycles. The summed E-state index contributed by atoms with van der Waals surface area (Å²) in [7, 11) is -3.64. The van der Waals surface area contributed by atoms with Gasteiger partial charge in [0, 0.05) is 6.20 Å². The van der Waals surface area contributed by atoms with Gasteiger partial charge in [-0.15, -0.1) is 0 Å². The standard InChI is InChI=1S/C22H25NO6S/c24-12-17-14-30(28,29)21(13-25)22(17)20(27)8-7-16(19-6-1-2-9-23-19)10-15-4-3-5-18(26)11-15/h1-6,9-11,20-21,24-27H,7-8,12-14H2/b16-10-/t20-,21+/m1/s1. The highest BCUT2D eigenvalue weighted by Gasteiger charge is 2.40. The van der Waals surface area contributed by atoms with Crippen LogP contribution in [0.3, 0.4) is 0 Å². The monoisotopic (exact) mass is 431 g/mol. The van der Waals surface area contributed by atoms with Crippen molar-refractivity contribution in [1.82, 2.24) is 4.98 Å². The summed E-state index contributed by atoms with van der Waals surface area (Å²) in [5, 5.41) is 38.4. The van der Waals surface area contributed by atoms with Crippen molar-refractivity contribution in [1.29, 1.82) is 0 Å². The van der Waals surface area contributed by atoms with E-state index in [0.29, 0.717) is 12.1 Å². The number of hydrogen-bond acceptors (Lipinski definition) is 7. The van der Waals surface area contributed by atoms with Gasteiger partial charge in [-0.25, -0.2) is 8.42 Å². The topological polar surface area (TPSA) is 128 Å². The van der Waals surface area contributed by atoms with Gasteiger partial charge in [-0.2, -0.15) is 0 Å². The number of pyridine rings is 1. The number of aliphatic hydroxyl groups is 3. The van der Waals surface area contributed by atoms with E-state index in [0.717, 1.165) is 11.1 Å². The van der Waals surface area contributed by atoms with Crippen LogP contribution in [0.4, 0.5) is 0 Å². The van der Waals surface area contributed by atoms with Crippen molar-refractivity contribution < 1.29 is 28.8 Å². The highest BCUT2D eigenvalue weighted by Crippen LogP contribution is 2.33. The molecule has 30 heavy (non-hydrogen) atoms. The van der Waals surface area contributed by atoms with Crippen molar-refractivity contribution in [2.45, 2.75) is 24.2 Å². The third-order valence-electron chi connectivity index (χ3n) is 5.17. The van der Waals surface area contributed by atoms with Gasteiger partial charge >= 0.3 is 0 Å². The summed E-state index contributed by atoms with van der Waals surface area (Å²) in [6.45, 7) is -1.11. The largest absolute Gasteiger partial charge is 0.508 e. The zero-order chi connectivity index (χ0) is 21.7. The number of rotatable bonds is 8. The van der Waals surface area contributed by atoms with Crippen molar-refractivity contribution in [2.75, 3.05) is 19.0 Å². The summed E-state index contributed by atoms with van der Waals surface area (Å²) in [5.74, 6) is -0.225. The third-order valence-corrected chi connectivity index (χ3v) is 7.19. The lowest BCUT2D eigenvalue weighted by Gasteiger charge is -2.19. The van der Waals surface area contributed by atoms with Crippen molar-refractivity contribution >= 4 is 21.5 Å². The summed E-state index contributed by atoms with van der Waals surface area (Å²) in [5.41, 5.74) is 2.70. The van der Waals surface area contributed by atoms with Crippen LogP contribution >= 0.6 is 0 Å². The molecule has 0 spiro atoms. The lowest BCUT2D eigenvalue weighted by atomic mass is 9.94. The molecule has 0 unspecified atom stereocenters. The first-order valence-corrected chi connectivity index (χ1v) is 11.3. The van der Waals surface area contributed by atoms with E-state index in [1.54, 1.807) is 30.5 Å². The number of hydrogen-bond donors (Lipinski definition) is 4. The summed E-state index contributed by atoms with van der Waals surface area (Å²) < 4.78 is 24.5. The maximum Gasteiger partial charge on any atom is 0.163 e. The second-order valence-electron chi connectivity index (χ2n) is 7.23. The van der Waals surface area contributed by atoms with E-state index in [4.69, 9.17) is 0 Å². The maximum absolute atomic E-state index is 12.2. The highest BCUT2D eigenvalue weighted by atomic mass is 32.2. The van der Waals surface area contributed by atoms with Crippen molar-refractivity contribution in [2.24, 2.45) is 0 Å². The first-order chi connectivity index (χ1) is 14.4. The molecule has 160 valence electrons. The Balaban J connectivity index is 1.87. The van der Waals surface area contributed by atoms with Crippen LogP contribution in [0.15, 0.2) is 59.8 Å². The molecule has 2 heterocycles. The number of phenols is 1. The van der Waals surface area contributed by atoms with Crippen molar-refractivity contribution in [3.63, 3.8) is 0 Å². The van der Waals surface area contributed by atoms with Crippen LogP contribution in [0.25, 0.3) is 11.6 Å². The molecule has 1 aliphatic rings. The maximum atomic E-state index is 12.2. The lowest BCUT2D eigenvalue weighted by molar-refractivity contribution is 0.188. The van der Waals surface area contributed by atoms with Crippen molar-refractivity contribution in [3.8, 4) is 5.75 Å². The molecule has 0 radical (unpaired) electrons. The zero-order valence-corrected chi connectivity index (χ0v) is 17.2. The molecule has 0 aliphatic carbocycles. The minimum atomic E-state index is -3.64. The number of aliphatic hydroxyl groups excluding tert-OH is 3. The average molecular weight is 432 g/mol. The Morgan fingerprint density at radius 3 is 2.63 bits per heavy atom. The minimum Gasteiger partial charge on any atom is -0.508 e. The zero-order valence-electron chi connectivity index (χ0n) is 16.3. The van der Waals surface area contributed by atoms with Gasteiger partial charge in [0.25, 0.3) is 0 Å². The molecule has 0 bridgehead atoms. The van der Waals surface area contributed by atoms with Gasteiger partial charge in [0.15, 0.2) is 9.84 Å². The van der Waals surface area contributed by atoms with Crippen LogP contribution in [0.5, 0.6) is 5.75 Å². The second kappa shape index (κ2) is 9.53. The Morgan fingerprint density at radius 1 is 1.20 bits per heavy atom. The van der Waals surface area contributed by atoms with E-state index in [9.17, 15) is 28.8 Å². The summed E-state index contributed by atoms with van der Waals surface area (Å²) in [6.07, 6.45) is 2.93. The summed E-state index contributed by atoms with van der Waals surface area (Å²) in [6, 6.07) is 12.2. The first kappa shape index (κ1) is 22.2. The molecule has 2 atom stereocenters. The molecule has 0 fully saturated rings. The van der Waals surface area contributed by atoms with E-state index in [2.05, 4.69) is 4.98 Å². The SMILES string of the molecule is O=S1(=O)CC(CO)=C([C@H](O)CC/C(=C/c2cccc(O)c2)c2ccccn2)[C@@H]1CO. The molecule has 0 saturated heterocycles. The van der Waals surface area contributed by atoms with Crippen LogP contribution in [0.2, 0.25) is 0 Å². The number of aromatic hydroxyl groups is 1. The van der Waals surface area contributed by atoms with Crippen LogP contribution in [-0.4, -0.2) is 64.1 Å². The van der Waals surface area contributed by atoms with Gasteiger partial charge in [0.2, 0.25) is 0 Å². The third kappa shape index (κ3) is 4.96. The molecule has 2 aromatic rings. The van der Waals surface area contributed by atoms with Gasteiger partial charge in [0.05, 0.1) is 30.8 Å². The molecule has 7 nitrogen and oxygen atoms in total. The fourth-order valence-corrected chi connectivity index (χ4v) is 5.62. The van der Waals surface area contributed by atoms with Gasteiger partial charge < -0.3 is 20.4 Å². The van der Waals surface area contributed by atoms with Gasteiger partial charge in [-0.3, -0.25) is 4.98 Å². The number of benzene rings is 1. The van der Waals surface area contributed by atoms with Crippen LogP contribution in [0.1, 0.15) is 24.1 Å². The van der Waals surface area contributed by atoms with Crippen LogP contribution < -0.4 is 0 Å². The quantitative estimate of drug-likeness (QED) is 0.467. The Labute approximate surface area is 175 Å². The normalized spacial score (nSPS) is 19.8. The fraction of sp³-hybridized carbons (Fsp3) is 0.318. The molecular weight excluding hydrogens is 406 g/mol. The Morgan fingerprint density at radius 2 is 2.00 bits per heavy atom. The van der Waals surface area contributed by atoms with Crippen molar-refractivity contribution in [3.05, 3.63) is 71.1 Å². The van der Waals surface area contributed by atoms with Gasteiger partial charge in [-0.05, 0) is 65.5 Å². The average Bonchev–Trinajstić information content (AvgIpc) is 3.01. The van der Waals surface area contributed by atoms with Crippen LogP contribution in [-0.2, 0) is 9.84 Å². The summed E-state index contributed by atoms with van der Waals surface area (Å²) >= 11 is 0. The number of allylic oxidation sites excluding steroid dienone is 1. The molecular formula is C22H25NO6S. The van der Waals surface area contributed by atoms with E-state index >= 15 is 0 Å². The summed E-state index contributed by atoms with van der Waals surface area (Å²) in [4.78, 5) is 4.36. The van der Waals surface area contributed by atoms with Gasteiger partial charge in [-0.1, -0.05) is 18.2 Å². The Bertz CT molecular complexity index is 1050. The molecule has 1 aliphatic heterocycles. The second-order valence-corrected chi connectivity index (χ2v) is 9.41. The molecule has 3 rings (SSSR count). The predicted molar refractivity (Wildman–Crippen MR) is 114 cm³/mol. The van der Waals surface area contributed by atoms with E-state index in [-0.39, 0.29) is 29.1 Å². The smallest absolute Gasteiger partial charge is 0.163 e. The van der Waals surface area contributed by atoms with Crippen LogP contribution in [0, 0.1) is 0 Å². The Hall–Kier alpha value is -2.52. The highest BCUT2D eigenvalue weighted by molar-refractivity contribution is 7.92. The molecule has 1 aromatic carbocycles. The molecule has 1 aromatic heterocycles.